The lowest BCUT2D eigenvalue weighted by molar-refractivity contribution is -0.134. The summed E-state index contributed by atoms with van der Waals surface area (Å²) < 4.78 is 0. The molecule has 2 aromatic rings. The van der Waals surface area contributed by atoms with E-state index in [0.717, 1.165) is 37.6 Å². The predicted octanol–water partition coefficient (Wildman–Crippen LogP) is 2.61. The third kappa shape index (κ3) is 2.44. The van der Waals surface area contributed by atoms with Crippen molar-refractivity contribution in [2.24, 2.45) is 5.92 Å². The molecule has 1 fully saturated rings. The van der Waals surface area contributed by atoms with E-state index < -0.39 is 0 Å². The molecule has 1 aliphatic carbocycles. The fraction of sp³-hybridized carbons (Fsp3) is 0.450. The number of hydrogen-bond acceptors (Lipinski definition) is 3. The fourth-order valence-electron chi connectivity index (χ4n) is 4.62. The van der Waals surface area contributed by atoms with Crippen molar-refractivity contribution >= 4 is 34.1 Å². The molecular weight excluding hydrogens is 330 g/mol. The van der Waals surface area contributed by atoms with Gasteiger partial charge in [-0.3, -0.25) is 9.69 Å². The van der Waals surface area contributed by atoms with Gasteiger partial charge in [0.05, 0.1) is 5.92 Å². The molecule has 1 saturated heterocycles. The highest BCUT2D eigenvalue weighted by molar-refractivity contribution is 7.99. The molecule has 2 unspecified atom stereocenters. The number of nitrogens with one attached hydrogen (secondary N) is 1. The first-order valence-electron chi connectivity index (χ1n) is 9.10. The van der Waals surface area contributed by atoms with Crippen molar-refractivity contribution in [1.29, 1.82) is 0 Å². The SMILES string of the molecule is CN1CC(C(=O)N2CCSCC2)C=C2c3cccc4[nH]cc(c34)CC21. The van der Waals surface area contributed by atoms with Gasteiger partial charge >= 0.3 is 0 Å². The summed E-state index contributed by atoms with van der Waals surface area (Å²) in [7, 11) is 2.17. The van der Waals surface area contributed by atoms with Gasteiger partial charge in [0, 0.05) is 54.3 Å². The number of fused-ring (bicyclic) bond motifs is 2. The van der Waals surface area contributed by atoms with Crippen molar-refractivity contribution in [1.82, 2.24) is 14.8 Å². The molecule has 0 bridgehead atoms. The van der Waals surface area contributed by atoms with Crippen LogP contribution >= 0.6 is 11.8 Å². The highest BCUT2D eigenvalue weighted by Gasteiger charge is 2.36. The van der Waals surface area contributed by atoms with Gasteiger partial charge in [-0.2, -0.15) is 11.8 Å². The summed E-state index contributed by atoms with van der Waals surface area (Å²) in [4.78, 5) is 20.9. The molecule has 1 aromatic heterocycles. The molecule has 5 heteroatoms. The summed E-state index contributed by atoms with van der Waals surface area (Å²) in [5.41, 5.74) is 5.26. The molecule has 3 aliphatic rings. The van der Waals surface area contributed by atoms with E-state index in [2.05, 4.69) is 52.3 Å². The maximum Gasteiger partial charge on any atom is 0.230 e. The van der Waals surface area contributed by atoms with Crippen LogP contribution in [0.5, 0.6) is 0 Å². The summed E-state index contributed by atoms with van der Waals surface area (Å²) in [5, 5.41) is 1.35. The van der Waals surface area contributed by atoms with Gasteiger partial charge in [-0.25, -0.2) is 0 Å². The first-order valence-corrected chi connectivity index (χ1v) is 10.3. The molecule has 130 valence electrons. The van der Waals surface area contributed by atoms with Crippen LogP contribution in [0.4, 0.5) is 0 Å². The standard InChI is InChI=1S/C20H23N3OS/c1-22-12-14(20(24)23-5-7-25-8-6-23)9-16-15-3-2-4-17-19(15)13(11-21-17)10-18(16)22/h2-4,9,11,14,18,21H,5-8,10,12H2,1H3. The zero-order valence-electron chi connectivity index (χ0n) is 14.5. The number of hydrogen-bond donors (Lipinski definition) is 1. The van der Waals surface area contributed by atoms with E-state index >= 15 is 0 Å². The van der Waals surface area contributed by atoms with Crippen molar-refractivity contribution < 1.29 is 4.79 Å². The topological polar surface area (TPSA) is 39.3 Å². The van der Waals surface area contributed by atoms with Gasteiger partial charge in [0.1, 0.15) is 0 Å². The minimum atomic E-state index is -0.0184. The molecule has 1 N–H and O–H groups in total. The van der Waals surface area contributed by atoms with Crippen LogP contribution in [0.1, 0.15) is 11.1 Å². The van der Waals surface area contributed by atoms with Crippen LogP contribution in [-0.4, -0.2) is 64.9 Å². The van der Waals surface area contributed by atoms with E-state index in [4.69, 9.17) is 0 Å². The van der Waals surface area contributed by atoms with E-state index in [1.54, 1.807) is 0 Å². The average molecular weight is 353 g/mol. The van der Waals surface area contributed by atoms with E-state index in [1.807, 2.05) is 11.8 Å². The number of likely N-dealkylation sites (N-methyl/N-ethyl adjacent to an activating group) is 1. The summed E-state index contributed by atoms with van der Waals surface area (Å²) in [6.45, 7) is 2.62. The Bertz CT molecular complexity index is 865. The monoisotopic (exact) mass is 353 g/mol. The molecule has 25 heavy (non-hydrogen) atoms. The van der Waals surface area contributed by atoms with E-state index in [1.165, 1.54) is 27.6 Å². The lowest BCUT2D eigenvalue weighted by Crippen LogP contribution is -2.49. The van der Waals surface area contributed by atoms with Crippen molar-refractivity contribution in [3.8, 4) is 0 Å². The Morgan fingerprint density at radius 2 is 2.12 bits per heavy atom. The molecule has 1 amide bonds. The first-order chi connectivity index (χ1) is 12.2. The smallest absolute Gasteiger partial charge is 0.230 e. The number of carbonyl (C=O) groups is 1. The Balaban J connectivity index is 1.55. The molecule has 4 nitrogen and oxygen atoms in total. The molecule has 2 atom stereocenters. The van der Waals surface area contributed by atoms with Crippen molar-refractivity contribution in [3.63, 3.8) is 0 Å². The lowest BCUT2D eigenvalue weighted by Gasteiger charge is -2.41. The van der Waals surface area contributed by atoms with Crippen LogP contribution in [0, 0.1) is 5.92 Å². The van der Waals surface area contributed by atoms with Gasteiger partial charge in [0.15, 0.2) is 0 Å². The molecule has 1 aromatic carbocycles. The van der Waals surface area contributed by atoms with Crippen molar-refractivity contribution in [3.05, 3.63) is 41.6 Å². The quantitative estimate of drug-likeness (QED) is 0.857. The number of benzene rings is 1. The Hall–Kier alpha value is -1.72. The summed E-state index contributed by atoms with van der Waals surface area (Å²) in [5.74, 6) is 2.43. The van der Waals surface area contributed by atoms with Crippen LogP contribution in [0.2, 0.25) is 0 Å². The van der Waals surface area contributed by atoms with Gasteiger partial charge < -0.3 is 9.88 Å². The molecule has 2 aliphatic heterocycles. The van der Waals surface area contributed by atoms with E-state index in [9.17, 15) is 4.79 Å². The Morgan fingerprint density at radius 1 is 1.28 bits per heavy atom. The summed E-state index contributed by atoms with van der Waals surface area (Å²) in [6.07, 6.45) is 5.46. The lowest BCUT2D eigenvalue weighted by atomic mass is 9.79. The molecule has 3 heterocycles. The largest absolute Gasteiger partial charge is 0.361 e. The highest BCUT2D eigenvalue weighted by Crippen LogP contribution is 2.41. The number of rotatable bonds is 1. The zero-order chi connectivity index (χ0) is 17.0. The second-order valence-electron chi connectivity index (χ2n) is 7.37. The zero-order valence-corrected chi connectivity index (χ0v) is 15.3. The Morgan fingerprint density at radius 3 is 2.96 bits per heavy atom. The van der Waals surface area contributed by atoms with Crippen molar-refractivity contribution in [2.45, 2.75) is 12.5 Å². The minimum Gasteiger partial charge on any atom is -0.361 e. The maximum absolute atomic E-state index is 13.1. The highest BCUT2D eigenvalue weighted by atomic mass is 32.2. The van der Waals surface area contributed by atoms with Crippen LogP contribution in [-0.2, 0) is 11.2 Å². The van der Waals surface area contributed by atoms with Gasteiger partial charge in [-0.05, 0) is 36.2 Å². The van der Waals surface area contributed by atoms with E-state index in [-0.39, 0.29) is 5.92 Å². The number of nitrogens with zero attached hydrogens (tertiary/aromatic N) is 2. The summed E-state index contributed by atoms with van der Waals surface area (Å²) in [6, 6.07) is 6.86. The molecule has 0 radical (unpaired) electrons. The molecule has 0 saturated carbocycles. The minimum absolute atomic E-state index is 0.0184. The van der Waals surface area contributed by atoms with Crippen LogP contribution in [0.25, 0.3) is 16.5 Å². The number of amides is 1. The predicted molar refractivity (Wildman–Crippen MR) is 104 cm³/mol. The number of H-pyrrole nitrogens is 1. The van der Waals surface area contributed by atoms with Gasteiger partial charge in [-0.15, -0.1) is 0 Å². The second-order valence-corrected chi connectivity index (χ2v) is 8.59. The van der Waals surface area contributed by atoms with Gasteiger partial charge in [0.2, 0.25) is 5.91 Å². The van der Waals surface area contributed by atoms with Gasteiger partial charge in [-0.1, -0.05) is 18.2 Å². The first kappa shape index (κ1) is 15.5. The number of carbonyl (C=O) groups excluding carboxylic acids is 1. The second kappa shape index (κ2) is 5.92. The van der Waals surface area contributed by atoms with Gasteiger partial charge in [0.25, 0.3) is 0 Å². The fourth-order valence-corrected chi connectivity index (χ4v) is 5.53. The molecular formula is C20H23N3OS. The molecule has 0 spiro atoms. The third-order valence-electron chi connectivity index (χ3n) is 5.91. The molecule has 5 rings (SSSR count). The summed E-state index contributed by atoms with van der Waals surface area (Å²) >= 11 is 1.95. The third-order valence-corrected chi connectivity index (χ3v) is 6.85. The number of thioether (sulfide) groups is 1. The van der Waals surface area contributed by atoms with E-state index in [0.29, 0.717) is 11.9 Å². The van der Waals surface area contributed by atoms with Crippen molar-refractivity contribution in [2.75, 3.05) is 38.2 Å². The number of aromatic amines is 1. The van der Waals surface area contributed by atoms with Crippen LogP contribution in [0.3, 0.4) is 0 Å². The average Bonchev–Trinajstić information content (AvgIpc) is 3.07. The van der Waals surface area contributed by atoms with Crippen LogP contribution in [0.15, 0.2) is 30.5 Å². The number of aromatic nitrogens is 1. The Kier molecular flexibility index (Phi) is 3.68. The Labute approximate surface area is 152 Å². The maximum atomic E-state index is 13.1. The normalized spacial score (nSPS) is 26.4. The van der Waals surface area contributed by atoms with Crippen LogP contribution < -0.4 is 0 Å².